The van der Waals surface area contributed by atoms with Crippen molar-refractivity contribution in [1.82, 2.24) is 4.90 Å². The van der Waals surface area contributed by atoms with E-state index in [1.54, 1.807) is 4.90 Å². The largest absolute Gasteiger partial charge is 0.343 e. The molecule has 78 valence electrons. The molecule has 1 aliphatic carbocycles. The SMILES string of the molecule is CN1C(=O)N=C2CCCCCCC[C@H]21. The van der Waals surface area contributed by atoms with Crippen LogP contribution < -0.4 is 0 Å². The van der Waals surface area contributed by atoms with Crippen LogP contribution in [-0.4, -0.2) is 29.7 Å². The molecule has 1 atom stereocenters. The van der Waals surface area contributed by atoms with E-state index in [-0.39, 0.29) is 6.03 Å². The molecule has 1 heterocycles. The van der Waals surface area contributed by atoms with Crippen LogP contribution in [-0.2, 0) is 0 Å². The highest BCUT2D eigenvalue weighted by Gasteiger charge is 2.30. The second-order valence-electron chi connectivity index (χ2n) is 4.32. The van der Waals surface area contributed by atoms with Gasteiger partial charge in [-0.05, 0) is 19.3 Å². The van der Waals surface area contributed by atoms with E-state index in [0.29, 0.717) is 6.04 Å². The summed E-state index contributed by atoms with van der Waals surface area (Å²) in [4.78, 5) is 17.3. The summed E-state index contributed by atoms with van der Waals surface area (Å²) in [6, 6.07) is 0.283. The monoisotopic (exact) mass is 194 g/mol. The minimum absolute atomic E-state index is 0.0365. The predicted molar refractivity (Wildman–Crippen MR) is 56.7 cm³/mol. The van der Waals surface area contributed by atoms with Crippen LogP contribution >= 0.6 is 0 Å². The fraction of sp³-hybridized carbons (Fsp3) is 0.818. The van der Waals surface area contributed by atoms with E-state index in [0.717, 1.165) is 18.6 Å². The first-order chi connectivity index (χ1) is 6.79. The van der Waals surface area contributed by atoms with Crippen LogP contribution in [0.1, 0.15) is 44.9 Å². The zero-order valence-corrected chi connectivity index (χ0v) is 8.83. The Bertz CT molecular complexity index is 260. The summed E-state index contributed by atoms with van der Waals surface area (Å²) in [6.45, 7) is 0. The number of fused-ring (bicyclic) bond motifs is 1. The standard InChI is InChI=1S/C11H18N2O/c1-13-10-8-6-4-2-3-5-7-9(10)12-11(13)14/h10H,2-8H2,1H3/t10-/m1/s1. The Morgan fingerprint density at radius 2 is 1.93 bits per heavy atom. The van der Waals surface area contributed by atoms with Gasteiger partial charge in [0.2, 0.25) is 0 Å². The smallest absolute Gasteiger partial charge is 0.318 e. The number of hydrogen-bond acceptors (Lipinski definition) is 1. The normalized spacial score (nSPS) is 28.9. The first-order valence-corrected chi connectivity index (χ1v) is 5.63. The Morgan fingerprint density at radius 3 is 2.79 bits per heavy atom. The molecule has 0 aromatic carbocycles. The highest BCUT2D eigenvalue weighted by Crippen LogP contribution is 2.23. The van der Waals surface area contributed by atoms with Gasteiger partial charge in [0.1, 0.15) is 0 Å². The maximum atomic E-state index is 11.4. The Labute approximate surface area is 85.2 Å². The number of hydrogen-bond donors (Lipinski definition) is 0. The van der Waals surface area contributed by atoms with Crippen LogP contribution in [0.15, 0.2) is 4.99 Å². The fourth-order valence-electron chi connectivity index (χ4n) is 2.39. The van der Waals surface area contributed by atoms with Crippen molar-refractivity contribution >= 4 is 11.7 Å². The molecular formula is C11H18N2O. The van der Waals surface area contributed by atoms with Crippen LogP contribution in [0.5, 0.6) is 0 Å². The third kappa shape index (κ3) is 1.81. The van der Waals surface area contributed by atoms with Crippen LogP contribution in [0.4, 0.5) is 4.79 Å². The van der Waals surface area contributed by atoms with Crippen molar-refractivity contribution in [2.45, 2.75) is 51.0 Å². The summed E-state index contributed by atoms with van der Waals surface area (Å²) < 4.78 is 0. The lowest BCUT2D eigenvalue weighted by Crippen LogP contribution is -2.33. The molecule has 0 bridgehead atoms. The van der Waals surface area contributed by atoms with Gasteiger partial charge < -0.3 is 4.90 Å². The van der Waals surface area contributed by atoms with Crippen LogP contribution in [0.2, 0.25) is 0 Å². The molecule has 0 aromatic rings. The fourth-order valence-corrected chi connectivity index (χ4v) is 2.39. The molecule has 14 heavy (non-hydrogen) atoms. The zero-order chi connectivity index (χ0) is 9.97. The first kappa shape index (κ1) is 9.69. The molecule has 2 amide bonds. The lowest BCUT2D eigenvalue weighted by molar-refractivity contribution is 0.216. The van der Waals surface area contributed by atoms with E-state index < -0.39 is 0 Å². The number of nitrogens with zero attached hydrogens (tertiary/aromatic N) is 2. The maximum absolute atomic E-state index is 11.4. The number of urea groups is 1. The summed E-state index contributed by atoms with van der Waals surface area (Å²) in [5.74, 6) is 0. The van der Waals surface area contributed by atoms with Gasteiger partial charge in [-0.15, -0.1) is 0 Å². The van der Waals surface area contributed by atoms with Crippen LogP contribution in [0.25, 0.3) is 0 Å². The average molecular weight is 194 g/mol. The van der Waals surface area contributed by atoms with Crippen molar-refractivity contribution in [3.8, 4) is 0 Å². The lowest BCUT2D eigenvalue weighted by atomic mass is 10.0. The highest BCUT2D eigenvalue weighted by molar-refractivity contribution is 6.04. The van der Waals surface area contributed by atoms with E-state index in [4.69, 9.17) is 0 Å². The zero-order valence-electron chi connectivity index (χ0n) is 8.83. The second kappa shape index (κ2) is 4.11. The lowest BCUT2D eigenvalue weighted by Gasteiger charge is -2.20. The minimum atomic E-state index is -0.0365. The summed E-state index contributed by atoms with van der Waals surface area (Å²) in [7, 11) is 1.88. The van der Waals surface area contributed by atoms with Gasteiger partial charge in [-0.25, -0.2) is 9.79 Å². The third-order valence-electron chi connectivity index (χ3n) is 3.30. The van der Waals surface area contributed by atoms with E-state index in [1.165, 1.54) is 32.1 Å². The van der Waals surface area contributed by atoms with E-state index in [9.17, 15) is 4.79 Å². The maximum Gasteiger partial charge on any atom is 0.343 e. The molecule has 1 saturated carbocycles. The quantitative estimate of drug-likeness (QED) is 0.583. The summed E-state index contributed by atoms with van der Waals surface area (Å²) >= 11 is 0. The summed E-state index contributed by atoms with van der Waals surface area (Å²) in [5, 5.41) is 0. The van der Waals surface area contributed by atoms with Crippen LogP contribution in [0, 0.1) is 0 Å². The number of rotatable bonds is 0. The predicted octanol–water partition coefficient (Wildman–Crippen LogP) is 2.61. The van der Waals surface area contributed by atoms with E-state index in [1.807, 2.05) is 7.05 Å². The van der Waals surface area contributed by atoms with Gasteiger partial charge in [0, 0.05) is 12.8 Å². The van der Waals surface area contributed by atoms with Crippen molar-refractivity contribution in [2.75, 3.05) is 7.05 Å². The van der Waals surface area contributed by atoms with Gasteiger partial charge in [0.15, 0.2) is 0 Å². The Morgan fingerprint density at radius 1 is 1.21 bits per heavy atom. The van der Waals surface area contributed by atoms with Crippen LogP contribution in [0.3, 0.4) is 0 Å². The molecule has 1 fully saturated rings. The van der Waals surface area contributed by atoms with Gasteiger partial charge in [-0.2, -0.15) is 0 Å². The Hall–Kier alpha value is -0.860. The van der Waals surface area contributed by atoms with Gasteiger partial charge >= 0.3 is 6.03 Å². The molecule has 0 N–H and O–H groups in total. The summed E-state index contributed by atoms with van der Waals surface area (Å²) in [5.41, 5.74) is 1.14. The van der Waals surface area contributed by atoms with Crippen molar-refractivity contribution in [3.63, 3.8) is 0 Å². The second-order valence-corrected chi connectivity index (χ2v) is 4.32. The molecule has 0 spiro atoms. The number of carbonyl (C=O) groups is 1. The number of carbonyl (C=O) groups excluding carboxylic acids is 1. The Balaban J connectivity index is 2.09. The van der Waals surface area contributed by atoms with Gasteiger partial charge in [0.05, 0.1) is 6.04 Å². The molecule has 3 heteroatoms. The molecule has 3 nitrogen and oxygen atoms in total. The molecular weight excluding hydrogens is 176 g/mol. The minimum Gasteiger partial charge on any atom is -0.318 e. The molecule has 0 aromatic heterocycles. The van der Waals surface area contributed by atoms with E-state index >= 15 is 0 Å². The number of amides is 2. The molecule has 2 aliphatic rings. The molecule has 2 rings (SSSR count). The first-order valence-electron chi connectivity index (χ1n) is 5.63. The van der Waals surface area contributed by atoms with Crippen molar-refractivity contribution in [1.29, 1.82) is 0 Å². The topological polar surface area (TPSA) is 32.7 Å². The van der Waals surface area contributed by atoms with Crippen molar-refractivity contribution < 1.29 is 4.79 Å². The van der Waals surface area contributed by atoms with Crippen molar-refractivity contribution in [2.24, 2.45) is 4.99 Å². The average Bonchev–Trinajstić information content (AvgIpc) is 2.49. The van der Waals surface area contributed by atoms with Gasteiger partial charge in [0.25, 0.3) is 0 Å². The number of aliphatic imine (C=N–C) groups is 1. The third-order valence-corrected chi connectivity index (χ3v) is 3.30. The highest BCUT2D eigenvalue weighted by atomic mass is 16.2. The van der Waals surface area contributed by atoms with Gasteiger partial charge in [-0.1, -0.05) is 25.7 Å². The molecule has 0 unspecified atom stereocenters. The molecule has 0 saturated heterocycles. The summed E-state index contributed by atoms with van der Waals surface area (Å²) in [6.07, 6.45) is 8.53. The van der Waals surface area contributed by atoms with Crippen molar-refractivity contribution in [3.05, 3.63) is 0 Å². The van der Waals surface area contributed by atoms with E-state index in [2.05, 4.69) is 4.99 Å². The molecule has 0 radical (unpaired) electrons. The van der Waals surface area contributed by atoms with Gasteiger partial charge in [-0.3, -0.25) is 0 Å². The molecule has 1 aliphatic heterocycles. The Kier molecular flexibility index (Phi) is 2.85.